The molecule has 5 rings (SSSR count). The fourth-order valence-electron chi connectivity index (χ4n) is 8.73. The van der Waals surface area contributed by atoms with Gasteiger partial charge in [0, 0.05) is 60.8 Å². The molecular weight excluding hydrogens is 1230 g/mol. The number of carbonyl (C=O) groups excluding carboxylic acids is 13. The first kappa shape index (κ1) is 70.7. The Kier molecular flexibility index (Phi) is 28.2. The van der Waals surface area contributed by atoms with Crippen molar-refractivity contribution in [3.63, 3.8) is 0 Å². The van der Waals surface area contributed by atoms with E-state index in [9.17, 15) is 72.5 Å². The van der Waals surface area contributed by atoms with Crippen LogP contribution in [-0.2, 0) is 75.2 Å². The number of benzene rings is 1. The maximum absolute atomic E-state index is 14.5. The van der Waals surface area contributed by atoms with Crippen molar-refractivity contribution in [2.45, 2.75) is 118 Å². The molecule has 1 aromatic carbocycles. The van der Waals surface area contributed by atoms with Crippen molar-refractivity contribution in [2.75, 3.05) is 49.3 Å². The fraction of sp³-hybridized carbons (Fsp3) is 0.540. The Hall–Kier alpha value is -8.07. The number of carbonyl (C=O) groups is 13. The summed E-state index contributed by atoms with van der Waals surface area (Å²) in [6.07, 6.45) is 1.52. The van der Waals surface area contributed by atoms with Gasteiger partial charge >= 0.3 is 0 Å². The number of aromatic amines is 1. The Morgan fingerprint density at radius 1 is 0.659 bits per heavy atom. The van der Waals surface area contributed by atoms with Crippen LogP contribution in [0.15, 0.2) is 41.8 Å². The van der Waals surface area contributed by atoms with Crippen molar-refractivity contribution in [3.05, 3.63) is 48.0 Å². The van der Waals surface area contributed by atoms with E-state index in [0.29, 0.717) is 11.3 Å². The van der Waals surface area contributed by atoms with Gasteiger partial charge in [0.1, 0.15) is 66.2 Å². The quantitative estimate of drug-likeness (QED) is 0.0406. The number of hydrogen-bond acceptors (Lipinski definition) is 22. The van der Waals surface area contributed by atoms with Crippen LogP contribution in [0.1, 0.15) is 50.3 Å². The number of imidazole rings is 1. The van der Waals surface area contributed by atoms with Crippen molar-refractivity contribution < 1.29 is 72.5 Å². The summed E-state index contributed by atoms with van der Waals surface area (Å²) in [7, 11) is 3.66. The van der Waals surface area contributed by atoms with Crippen LogP contribution in [0.5, 0.6) is 5.75 Å². The molecule has 482 valence electrons. The van der Waals surface area contributed by atoms with Gasteiger partial charge in [-0.05, 0) is 50.3 Å². The molecule has 3 saturated heterocycles. The SMILES string of the molecule is C[C@@H]1NC(=O)[C@@H]2CCCN2C(=O)[C@@H](CC(N)=O)NC(=O)[C@@H]2CSSC[C@@H](C(N)=O)NC(=O)[C@H](CO)NC(=O)[C@H](Cc3ccc(O)cc3)NC(=O)[C@H](Cc3cnc[nH]3)NC(=O)[C@H](CCCN=C(N)N)NC(=O)CNC(=O)[C@H](CSSC[C@H](N)C(=O)N2)NC1=O. The van der Waals surface area contributed by atoms with Crippen LogP contribution in [-0.4, -0.2) is 224 Å². The zero-order valence-electron chi connectivity index (χ0n) is 47.5. The van der Waals surface area contributed by atoms with E-state index in [4.69, 9.17) is 28.7 Å². The van der Waals surface area contributed by atoms with Crippen LogP contribution < -0.4 is 81.8 Å². The topological polar surface area (TPSA) is 557 Å². The first-order valence-corrected chi connectivity index (χ1v) is 32.3. The second-order valence-corrected chi connectivity index (χ2v) is 25.4. The van der Waals surface area contributed by atoms with E-state index in [1.54, 1.807) is 0 Å². The lowest BCUT2D eigenvalue weighted by atomic mass is 10.0. The van der Waals surface area contributed by atoms with E-state index in [1.165, 1.54) is 43.7 Å². The highest BCUT2D eigenvalue weighted by atomic mass is 33.1. The normalized spacial score (nSPS) is 27.0. The van der Waals surface area contributed by atoms with Crippen molar-refractivity contribution in [2.24, 2.45) is 33.7 Å². The fourth-order valence-corrected chi connectivity index (χ4v) is 13.4. The molecule has 3 fully saturated rings. The van der Waals surface area contributed by atoms with E-state index in [1.807, 2.05) is 0 Å². The number of aromatic hydroxyl groups is 1. The molecule has 3 aliphatic heterocycles. The molecule has 4 heterocycles. The van der Waals surface area contributed by atoms with Gasteiger partial charge in [-0.15, -0.1) is 0 Å². The number of phenolic OH excluding ortho intramolecular Hbond substituents is 1. The molecule has 0 unspecified atom stereocenters. The van der Waals surface area contributed by atoms with Gasteiger partial charge in [0.2, 0.25) is 76.8 Å². The molecule has 0 spiro atoms. The number of guanidine groups is 1. The van der Waals surface area contributed by atoms with Gasteiger partial charge in [-0.25, -0.2) is 4.98 Å². The molecule has 2 bridgehead atoms. The molecule has 0 aliphatic carbocycles. The predicted octanol–water partition coefficient (Wildman–Crippen LogP) is -8.09. The smallest absolute Gasteiger partial charge is 0.246 e. The van der Waals surface area contributed by atoms with E-state index in [-0.39, 0.29) is 86.3 Å². The third-order valence-corrected chi connectivity index (χ3v) is 18.3. The van der Waals surface area contributed by atoms with Gasteiger partial charge in [0.05, 0.1) is 31.9 Å². The number of hydrogen-bond donors (Lipinski definition) is 18. The zero-order chi connectivity index (χ0) is 64.6. The minimum atomic E-state index is -1.81. The maximum atomic E-state index is 14.5. The lowest BCUT2D eigenvalue weighted by molar-refractivity contribution is -0.143. The molecule has 1 aromatic heterocycles. The molecule has 23 N–H and O–H groups in total. The summed E-state index contributed by atoms with van der Waals surface area (Å²) in [6, 6.07) is -11.2. The van der Waals surface area contributed by atoms with Crippen LogP contribution in [0, 0.1) is 0 Å². The minimum absolute atomic E-state index is 0.0312. The number of amides is 13. The predicted molar refractivity (Wildman–Crippen MR) is 323 cm³/mol. The van der Waals surface area contributed by atoms with Gasteiger partial charge in [-0.3, -0.25) is 67.3 Å². The van der Waals surface area contributed by atoms with Crippen molar-refractivity contribution in [1.29, 1.82) is 0 Å². The highest BCUT2D eigenvalue weighted by Crippen LogP contribution is 2.26. The number of H-pyrrole nitrogens is 1. The number of aliphatic hydroxyl groups excluding tert-OH is 1. The Bertz CT molecular complexity index is 2870. The summed E-state index contributed by atoms with van der Waals surface area (Å²) < 4.78 is 0. The summed E-state index contributed by atoms with van der Waals surface area (Å²) in [5.41, 5.74) is 29.2. The number of aliphatic hydroxyl groups is 1. The molecule has 2 aromatic rings. The van der Waals surface area contributed by atoms with Crippen LogP contribution in [0.2, 0.25) is 0 Å². The summed E-state index contributed by atoms with van der Waals surface area (Å²) in [6.45, 7) is -0.645. The molecular formula is C50H73N19O15S4. The lowest BCUT2D eigenvalue weighted by Gasteiger charge is -2.30. The molecule has 0 radical (unpaired) electrons. The first-order valence-electron chi connectivity index (χ1n) is 27.4. The highest BCUT2D eigenvalue weighted by molar-refractivity contribution is 8.77. The summed E-state index contributed by atoms with van der Waals surface area (Å²) in [5.74, 6) is -14.2. The molecule has 13 amide bonds. The van der Waals surface area contributed by atoms with E-state index < -0.39 is 163 Å². The van der Waals surface area contributed by atoms with Crippen LogP contribution in [0.3, 0.4) is 0 Å². The van der Waals surface area contributed by atoms with Crippen molar-refractivity contribution in [3.8, 4) is 5.75 Å². The summed E-state index contributed by atoms with van der Waals surface area (Å²) >= 11 is 0. The average molecular weight is 1310 g/mol. The Labute approximate surface area is 519 Å². The number of nitrogens with two attached hydrogens (primary N) is 5. The second kappa shape index (κ2) is 35.1. The van der Waals surface area contributed by atoms with Crippen molar-refractivity contribution in [1.82, 2.24) is 68.0 Å². The molecule has 0 saturated carbocycles. The Morgan fingerprint density at radius 3 is 1.88 bits per heavy atom. The largest absolute Gasteiger partial charge is 0.508 e. The molecule has 38 heteroatoms. The van der Waals surface area contributed by atoms with E-state index >= 15 is 0 Å². The summed E-state index contributed by atoms with van der Waals surface area (Å²) in [5, 5.41) is 45.4. The number of primary amides is 2. The van der Waals surface area contributed by atoms with E-state index in [0.717, 1.165) is 48.1 Å². The van der Waals surface area contributed by atoms with Gasteiger partial charge in [0.25, 0.3) is 0 Å². The minimum Gasteiger partial charge on any atom is -0.508 e. The van der Waals surface area contributed by atoms with Crippen molar-refractivity contribution >= 4 is 126 Å². The number of aliphatic imine (C=N–C) groups is 1. The molecule has 11 atom stereocenters. The summed E-state index contributed by atoms with van der Waals surface area (Å²) in [4.78, 5) is 192. The monoisotopic (exact) mass is 1310 g/mol. The highest BCUT2D eigenvalue weighted by Gasteiger charge is 2.41. The zero-order valence-corrected chi connectivity index (χ0v) is 50.8. The Balaban J connectivity index is 1.56. The molecule has 88 heavy (non-hydrogen) atoms. The van der Waals surface area contributed by atoms with Crippen LogP contribution >= 0.6 is 43.2 Å². The van der Waals surface area contributed by atoms with Gasteiger partial charge < -0.3 is 102 Å². The number of nitrogens with one attached hydrogen (secondary N) is 11. The van der Waals surface area contributed by atoms with Crippen LogP contribution in [0.4, 0.5) is 0 Å². The van der Waals surface area contributed by atoms with Gasteiger partial charge in [0.15, 0.2) is 5.96 Å². The first-order chi connectivity index (χ1) is 41.8. The third-order valence-electron chi connectivity index (χ3n) is 13.4. The average Bonchev–Trinajstić information content (AvgIpc) is 4.37. The number of rotatable bonds is 12. The second-order valence-electron chi connectivity index (χ2n) is 20.3. The molecule has 34 nitrogen and oxygen atoms in total. The van der Waals surface area contributed by atoms with Gasteiger partial charge in [-0.1, -0.05) is 55.3 Å². The number of phenols is 1. The Morgan fingerprint density at radius 2 is 1.25 bits per heavy atom. The number of fused-ring (bicyclic) bond motifs is 9. The number of nitrogens with zero attached hydrogens (tertiary/aromatic N) is 3. The number of aromatic nitrogens is 2. The van der Waals surface area contributed by atoms with Crippen LogP contribution in [0.25, 0.3) is 0 Å². The van der Waals surface area contributed by atoms with E-state index in [2.05, 4.69) is 68.1 Å². The maximum Gasteiger partial charge on any atom is 0.246 e. The van der Waals surface area contributed by atoms with Gasteiger partial charge in [-0.2, -0.15) is 0 Å². The standard InChI is InChI=1S/C50H73N19O15S4/c1-23-40(75)67-34-20-87-85-18-27(51)41(76)68-35(47(82)64-31(14-37(52)72)49(84)69-11-3-5-36(69)48(83)60-23)21-88-86-19-33(39(53)74)66-46(81)32(17-70)65-44(79)29(12-24-6-8-26(71)9-7-24)62-45(80)30(13-25-15-56-22-59-25)63-43(78)28(4-2-10-57-50(54)55)61-38(73)16-58-42(34)77/h6-9,15,22-23,27-36,70-71H,2-5,10-14,16-21,51H2,1H3,(H2,52,72)(H2,53,74)(H,56,59)(H,58,77)(H,60,83)(H,61,73)(H,62,80)(H,63,78)(H,64,82)(H,65,79)(H,66,81)(H,67,75)(H,68,76)(H4,54,55,57)/t23-,27-,28-,29-,30-,31+,32-,33-,34-,35-,36-/m0/s1. The lowest BCUT2D eigenvalue weighted by Crippen LogP contribution is -2.60. The third kappa shape index (κ3) is 22.6. The molecule has 3 aliphatic rings.